The van der Waals surface area contributed by atoms with Crippen LogP contribution in [0.4, 0.5) is 18.9 Å². The maximum atomic E-state index is 12.5. The Hall–Kier alpha value is -1.76. The molecule has 0 aromatic carbocycles. The second-order valence-electron chi connectivity index (χ2n) is 7.76. The SMILES string of the molecule is CC(Oc1ccc(NCCC2(C=C3CC3)CCC(O)CC2)cn1)C(F)(F)F. The number of aliphatic hydroxyl groups is 1. The Bertz CT molecular complexity index is 644. The lowest BCUT2D eigenvalue weighted by molar-refractivity contribution is -0.189. The van der Waals surface area contributed by atoms with Crippen LogP contribution in [0, 0.1) is 5.41 Å². The van der Waals surface area contributed by atoms with Crippen molar-refractivity contribution in [2.75, 3.05) is 11.9 Å². The molecular weight excluding hydrogens is 357 g/mol. The number of ether oxygens (including phenoxy) is 1. The number of nitrogens with zero attached hydrogens (tertiary/aromatic N) is 1. The molecule has 1 aromatic rings. The third-order valence-corrected chi connectivity index (χ3v) is 5.45. The number of pyridine rings is 1. The van der Waals surface area contributed by atoms with E-state index >= 15 is 0 Å². The van der Waals surface area contributed by atoms with Crippen molar-refractivity contribution < 1.29 is 23.0 Å². The van der Waals surface area contributed by atoms with Crippen molar-refractivity contribution in [2.45, 2.75) is 70.3 Å². The molecule has 0 saturated heterocycles. The van der Waals surface area contributed by atoms with E-state index in [0.717, 1.165) is 51.3 Å². The van der Waals surface area contributed by atoms with Gasteiger partial charge in [-0.15, -0.1) is 0 Å². The summed E-state index contributed by atoms with van der Waals surface area (Å²) < 4.78 is 42.4. The Morgan fingerprint density at radius 3 is 2.59 bits per heavy atom. The predicted octanol–water partition coefficient (Wildman–Crippen LogP) is 4.85. The van der Waals surface area contributed by atoms with Crippen molar-refractivity contribution in [3.05, 3.63) is 30.0 Å². The molecule has 2 saturated carbocycles. The van der Waals surface area contributed by atoms with Crippen LogP contribution in [0.25, 0.3) is 0 Å². The van der Waals surface area contributed by atoms with E-state index in [2.05, 4.69) is 16.4 Å². The first kappa shape index (κ1) is 20.0. The number of nitrogens with one attached hydrogen (secondary N) is 1. The van der Waals surface area contributed by atoms with Crippen LogP contribution in [0.2, 0.25) is 0 Å². The molecule has 1 aromatic heterocycles. The van der Waals surface area contributed by atoms with Gasteiger partial charge in [0.15, 0.2) is 6.10 Å². The number of aliphatic hydroxyl groups excluding tert-OH is 1. The fourth-order valence-electron chi connectivity index (χ4n) is 3.55. The van der Waals surface area contributed by atoms with Crippen LogP contribution >= 0.6 is 0 Å². The highest BCUT2D eigenvalue weighted by molar-refractivity contribution is 5.42. The summed E-state index contributed by atoms with van der Waals surface area (Å²) in [5.74, 6) is -0.0402. The van der Waals surface area contributed by atoms with E-state index < -0.39 is 12.3 Å². The van der Waals surface area contributed by atoms with Gasteiger partial charge in [-0.3, -0.25) is 0 Å². The molecule has 1 heterocycles. The molecule has 150 valence electrons. The molecular formula is C20H27F3N2O2. The third kappa shape index (κ3) is 5.86. The Kier molecular flexibility index (Phi) is 5.99. The van der Waals surface area contributed by atoms with Gasteiger partial charge in [-0.2, -0.15) is 13.2 Å². The van der Waals surface area contributed by atoms with E-state index in [1.165, 1.54) is 30.7 Å². The molecule has 2 fully saturated rings. The number of anilines is 1. The number of hydrogen-bond donors (Lipinski definition) is 2. The molecule has 0 spiro atoms. The summed E-state index contributed by atoms with van der Waals surface area (Å²) in [7, 11) is 0. The minimum atomic E-state index is -4.41. The molecule has 1 atom stereocenters. The van der Waals surface area contributed by atoms with Gasteiger partial charge >= 0.3 is 6.18 Å². The smallest absolute Gasteiger partial charge is 0.425 e. The first-order valence-corrected chi connectivity index (χ1v) is 9.58. The van der Waals surface area contributed by atoms with Crippen LogP contribution in [0.3, 0.4) is 0 Å². The summed E-state index contributed by atoms with van der Waals surface area (Å²) in [6, 6.07) is 3.13. The quantitative estimate of drug-likeness (QED) is 0.660. The van der Waals surface area contributed by atoms with E-state index in [-0.39, 0.29) is 17.4 Å². The first-order valence-electron chi connectivity index (χ1n) is 9.58. The lowest BCUT2D eigenvalue weighted by Gasteiger charge is -2.37. The summed E-state index contributed by atoms with van der Waals surface area (Å²) in [4.78, 5) is 3.95. The standard InChI is InChI=1S/C20H27F3N2O2/c1-14(20(21,22)23)27-18-5-4-16(13-25-18)24-11-10-19(12-15-2-3-15)8-6-17(26)7-9-19/h4-5,12-14,17,24,26H,2-3,6-11H2,1H3. The third-order valence-electron chi connectivity index (χ3n) is 5.45. The normalized spacial score (nSPS) is 26.4. The van der Waals surface area contributed by atoms with Crippen molar-refractivity contribution in [3.8, 4) is 5.88 Å². The Morgan fingerprint density at radius 1 is 1.33 bits per heavy atom. The summed E-state index contributed by atoms with van der Waals surface area (Å²) in [6.45, 7) is 1.71. The van der Waals surface area contributed by atoms with Crippen molar-refractivity contribution in [1.82, 2.24) is 4.98 Å². The van der Waals surface area contributed by atoms with Gasteiger partial charge in [0.2, 0.25) is 5.88 Å². The van der Waals surface area contributed by atoms with Crippen LogP contribution in [0.15, 0.2) is 30.0 Å². The van der Waals surface area contributed by atoms with Gasteiger partial charge in [-0.25, -0.2) is 4.98 Å². The molecule has 4 nitrogen and oxygen atoms in total. The van der Waals surface area contributed by atoms with Crippen molar-refractivity contribution in [3.63, 3.8) is 0 Å². The van der Waals surface area contributed by atoms with Gasteiger partial charge in [-0.05, 0) is 63.4 Å². The van der Waals surface area contributed by atoms with Crippen LogP contribution in [-0.2, 0) is 0 Å². The molecule has 0 bridgehead atoms. The minimum absolute atomic E-state index is 0.0402. The molecule has 2 aliphatic rings. The maximum absolute atomic E-state index is 12.5. The van der Waals surface area contributed by atoms with E-state index in [9.17, 15) is 18.3 Å². The number of alkyl halides is 3. The highest BCUT2D eigenvalue weighted by atomic mass is 19.4. The zero-order chi connectivity index (χ0) is 19.5. The van der Waals surface area contributed by atoms with Crippen LogP contribution in [0.1, 0.15) is 51.9 Å². The van der Waals surface area contributed by atoms with Crippen LogP contribution in [0.5, 0.6) is 5.88 Å². The van der Waals surface area contributed by atoms with Crippen LogP contribution < -0.4 is 10.1 Å². The van der Waals surface area contributed by atoms with Gasteiger partial charge < -0.3 is 15.2 Å². The predicted molar refractivity (Wildman–Crippen MR) is 97.7 cm³/mol. The summed E-state index contributed by atoms with van der Waals surface area (Å²) in [5, 5.41) is 13.1. The largest absolute Gasteiger partial charge is 0.465 e. The fraction of sp³-hybridized carbons (Fsp3) is 0.650. The molecule has 1 unspecified atom stereocenters. The second kappa shape index (κ2) is 8.09. The zero-order valence-corrected chi connectivity index (χ0v) is 15.6. The van der Waals surface area contributed by atoms with Crippen molar-refractivity contribution in [1.29, 1.82) is 0 Å². The Balaban J connectivity index is 1.51. The summed E-state index contributed by atoms with van der Waals surface area (Å²) in [5.41, 5.74) is 2.43. The second-order valence-corrected chi connectivity index (χ2v) is 7.76. The van der Waals surface area contributed by atoms with E-state index in [4.69, 9.17) is 4.74 Å². The monoisotopic (exact) mass is 384 g/mol. The minimum Gasteiger partial charge on any atom is -0.465 e. The molecule has 3 rings (SSSR count). The van der Waals surface area contributed by atoms with E-state index in [1.807, 2.05) is 0 Å². The van der Waals surface area contributed by atoms with Crippen LogP contribution in [-0.4, -0.2) is 35.0 Å². The highest BCUT2D eigenvalue weighted by Gasteiger charge is 2.38. The van der Waals surface area contributed by atoms with Gasteiger partial charge in [0, 0.05) is 12.6 Å². The average Bonchev–Trinajstić information content (AvgIpc) is 3.42. The van der Waals surface area contributed by atoms with Gasteiger partial charge in [-0.1, -0.05) is 11.6 Å². The first-order chi connectivity index (χ1) is 12.8. The summed E-state index contributed by atoms with van der Waals surface area (Å²) in [6.07, 6.45) is 4.48. The number of allylic oxidation sites excluding steroid dienone is 2. The summed E-state index contributed by atoms with van der Waals surface area (Å²) >= 11 is 0. The molecule has 27 heavy (non-hydrogen) atoms. The zero-order valence-electron chi connectivity index (χ0n) is 15.6. The lowest BCUT2D eigenvalue weighted by atomic mass is 9.70. The van der Waals surface area contributed by atoms with Gasteiger partial charge in [0.25, 0.3) is 0 Å². The fourth-order valence-corrected chi connectivity index (χ4v) is 3.55. The molecule has 0 amide bonds. The molecule has 0 aliphatic heterocycles. The Labute approximate surface area is 157 Å². The molecule has 2 aliphatic carbocycles. The average molecular weight is 384 g/mol. The number of hydrogen-bond acceptors (Lipinski definition) is 4. The highest BCUT2D eigenvalue weighted by Crippen LogP contribution is 2.45. The topological polar surface area (TPSA) is 54.4 Å². The van der Waals surface area contributed by atoms with Crippen molar-refractivity contribution >= 4 is 5.69 Å². The van der Waals surface area contributed by atoms with Crippen molar-refractivity contribution in [2.24, 2.45) is 5.41 Å². The molecule has 0 radical (unpaired) electrons. The number of aromatic nitrogens is 1. The van der Waals surface area contributed by atoms with E-state index in [1.54, 1.807) is 6.07 Å². The van der Waals surface area contributed by atoms with Gasteiger partial charge in [0.05, 0.1) is 18.0 Å². The molecule has 2 N–H and O–H groups in total. The molecule has 7 heteroatoms. The lowest BCUT2D eigenvalue weighted by Crippen LogP contribution is -2.31. The van der Waals surface area contributed by atoms with E-state index in [0.29, 0.717) is 0 Å². The van der Waals surface area contributed by atoms with Gasteiger partial charge in [0.1, 0.15) is 0 Å². The maximum Gasteiger partial charge on any atom is 0.425 e. The Morgan fingerprint density at radius 2 is 2.04 bits per heavy atom. The number of rotatable bonds is 7. The number of halogens is 3.